The maximum atomic E-state index is 13.6. The highest BCUT2D eigenvalue weighted by Gasteiger charge is 2.21. The Balaban J connectivity index is 1.84. The lowest BCUT2D eigenvalue weighted by molar-refractivity contribution is 0.0733. The number of ether oxygens (including phenoxy) is 2. The fourth-order valence-electron chi connectivity index (χ4n) is 3.52. The first-order valence-corrected chi connectivity index (χ1v) is 10.5. The summed E-state index contributed by atoms with van der Waals surface area (Å²) in [7, 11) is 3.13. The fraction of sp³-hybridized carbons (Fsp3) is 0.320. The van der Waals surface area contributed by atoms with Gasteiger partial charge in [0.25, 0.3) is 5.91 Å². The highest BCUT2D eigenvalue weighted by Crippen LogP contribution is 2.26. The Morgan fingerprint density at radius 3 is 2.61 bits per heavy atom. The SMILES string of the molecule is CCCCN(Cc1cccn1Cc1cccc(F)c1)C(=O)c1ccc(OC)cc1OC. The highest BCUT2D eigenvalue weighted by atomic mass is 19.1. The number of hydrogen-bond donors (Lipinski definition) is 0. The van der Waals surface area contributed by atoms with E-state index in [0.717, 1.165) is 24.1 Å². The Morgan fingerprint density at radius 1 is 1.06 bits per heavy atom. The van der Waals surface area contributed by atoms with Crippen molar-refractivity contribution in [1.29, 1.82) is 0 Å². The van der Waals surface area contributed by atoms with Crippen molar-refractivity contribution in [2.75, 3.05) is 20.8 Å². The second-order valence-corrected chi connectivity index (χ2v) is 7.40. The molecule has 2 aromatic carbocycles. The van der Waals surface area contributed by atoms with Crippen molar-refractivity contribution in [3.8, 4) is 11.5 Å². The number of unbranched alkanes of at least 4 members (excludes halogenated alkanes) is 1. The smallest absolute Gasteiger partial charge is 0.257 e. The Kier molecular flexibility index (Phi) is 7.70. The first kappa shape index (κ1) is 22.4. The zero-order valence-corrected chi connectivity index (χ0v) is 18.3. The molecule has 5 nitrogen and oxygen atoms in total. The molecule has 3 aromatic rings. The molecule has 1 amide bonds. The third-order valence-corrected chi connectivity index (χ3v) is 5.23. The average Bonchev–Trinajstić information content (AvgIpc) is 3.22. The number of hydrogen-bond acceptors (Lipinski definition) is 3. The summed E-state index contributed by atoms with van der Waals surface area (Å²) in [4.78, 5) is 15.3. The minimum atomic E-state index is -0.252. The molecular formula is C25H29FN2O3. The molecule has 0 spiro atoms. The van der Waals surface area contributed by atoms with Crippen molar-refractivity contribution in [1.82, 2.24) is 9.47 Å². The van der Waals surface area contributed by atoms with Crippen LogP contribution in [0.5, 0.6) is 11.5 Å². The van der Waals surface area contributed by atoms with E-state index in [0.29, 0.717) is 36.7 Å². The lowest BCUT2D eigenvalue weighted by Gasteiger charge is -2.24. The maximum Gasteiger partial charge on any atom is 0.257 e. The van der Waals surface area contributed by atoms with E-state index in [2.05, 4.69) is 6.92 Å². The zero-order chi connectivity index (χ0) is 22.2. The molecule has 0 atom stereocenters. The molecule has 0 saturated carbocycles. The van der Waals surface area contributed by atoms with Crippen LogP contribution in [0.1, 0.15) is 41.4 Å². The van der Waals surface area contributed by atoms with E-state index in [1.165, 1.54) is 12.1 Å². The zero-order valence-electron chi connectivity index (χ0n) is 18.3. The number of nitrogens with zero attached hydrogens (tertiary/aromatic N) is 2. The molecule has 0 radical (unpaired) electrons. The summed E-state index contributed by atoms with van der Waals surface area (Å²) in [5, 5.41) is 0. The van der Waals surface area contributed by atoms with Gasteiger partial charge in [0.2, 0.25) is 0 Å². The average molecular weight is 425 g/mol. The number of rotatable bonds is 10. The van der Waals surface area contributed by atoms with Crippen LogP contribution in [-0.4, -0.2) is 36.1 Å². The van der Waals surface area contributed by atoms with Gasteiger partial charge in [0.15, 0.2) is 0 Å². The van der Waals surface area contributed by atoms with Crippen molar-refractivity contribution in [2.24, 2.45) is 0 Å². The first-order valence-electron chi connectivity index (χ1n) is 10.5. The second kappa shape index (κ2) is 10.7. The molecule has 0 bridgehead atoms. The molecule has 31 heavy (non-hydrogen) atoms. The van der Waals surface area contributed by atoms with Gasteiger partial charge in [-0.3, -0.25) is 4.79 Å². The molecule has 164 valence electrons. The van der Waals surface area contributed by atoms with Crippen LogP contribution >= 0.6 is 0 Å². The molecule has 0 aliphatic heterocycles. The van der Waals surface area contributed by atoms with Crippen LogP contribution in [0, 0.1) is 5.82 Å². The van der Waals surface area contributed by atoms with Crippen LogP contribution in [0.2, 0.25) is 0 Å². The normalized spacial score (nSPS) is 10.7. The predicted octanol–water partition coefficient (Wildman–Crippen LogP) is 5.14. The number of carbonyl (C=O) groups is 1. The minimum Gasteiger partial charge on any atom is -0.497 e. The lowest BCUT2D eigenvalue weighted by Crippen LogP contribution is -2.32. The summed E-state index contributed by atoms with van der Waals surface area (Å²) in [6.07, 6.45) is 3.83. The van der Waals surface area contributed by atoms with Crippen LogP contribution < -0.4 is 9.47 Å². The summed E-state index contributed by atoms with van der Waals surface area (Å²) < 4.78 is 26.3. The highest BCUT2D eigenvalue weighted by molar-refractivity contribution is 5.97. The first-order chi connectivity index (χ1) is 15.0. The molecule has 0 aliphatic rings. The molecule has 3 rings (SSSR count). The van der Waals surface area contributed by atoms with Gasteiger partial charge in [0, 0.05) is 31.0 Å². The van der Waals surface area contributed by atoms with Crippen LogP contribution in [0.25, 0.3) is 0 Å². The molecule has 1 heterocycles. The summed E-state index contributed by atoms with van der Waals surface area (Å²) in [5.74, 6) is 0.780. The molecule has 0 N–H and O–H groups in total. The monoisotopic (exact) mass is 424 g/mol. The van der Waals surface area contributed by atoms with Gasteiger partial charge in [-0.2, -0.15) is 0 Å². The van der Waals surface area contributed by atoms with Crippen molar-refractivity contribution in [2.45, 2.75) is 32.9 Å². The van der Waals surface area contributed by atoms with Crippen molar-refractivity contribution in [3.05, 3.63) is 83.4 Å². The number of carbonyl (C=O) groups excluding carboxylic acids is 1. The Bertz CT molecular complexity index is 1020. The van der Waals surface area contributed by atoms with Gasteiger partial charge in [0.1, 0.15) is 17.3 Å². The third-order valence-electron chi connectivity index (χ3n) is 5.23. The fourth-order valence-corrected chi connectivity index (χ4v) is 3.52. The Morgan fingerprint density at radius 2 is 1.90 bits per heavy atom. The largest absolute Gasteiger partial charge is 0.497 e. The number of amides is 1. The topological polar surface area (TPSA) is 43.7 Å². The Hall–Kier alpha value is -3.28. The number of benzene rings is 2. The van der Waals surface area contributed by atoms with E-state index >= 15 is 0 Å². The van der Waals surface area contributed by atoms with Gasteiger partial charge >= 0.3 is 0 Å². The number of halogens is 1. The van der Waals surface area contributed by atoms with Crippen LogP contribution in [0.3, 0.4) is 0 Å². The molecule has 0 fully saturated rings. The van der Waals surface area contributed by atoms with Crippen molar-refractivity contribution < 1.29 is 18.7 Å². The maximum absolute atomic E-state index is 13.6. The quantitative estimate of drug-likeness (QED) is 0.453. The number of methoxy groups -OCH3 is 2. The van der Waals surface area contributed by atoms with E-state index in [1.807, 2.05) is 33.9 Å². The molecule has 1 aromatic heterocycles. The van der Waals surface area contributed by atoms with Crippen LogP contribution in [-0.2, 0) is 13.1 Å². The van der Waals surface area contributed by atoms with Gasteiger partial charge in [-0.05, 0) is 48.4 Å². The van der Waals surface area contributed by atoms with Gasteiger partial charge < -0.3 is 18.9 Å². The second-order valence-electron chi connectivity index (χ2n) is 7.40. The molecule has 0 saturated heterocycles. The summed E-state index contributed by atoms with van der Waals surface area (Å²) in [5.41, 5.74) is 2.37. The van der Waals surface area contributed by atoms with E-state index in [-0.39, 0.29) is 11.7 Å². The third kappa shape index (κ3) is 5.66. The molecule has 6 heteroatoms. The molecule has 0 aliphatic carbocycles. The molecule has 0 unspecified atom stereocenters. The van der Waals surface area contributed by atoms with Crippen LogP contribution in [0.4, 0.5) is 4.39 Å². The van der Waals surface area contributed by atoms with Gasteiger partial charge in [-0.25, -0.2) is 4.39 Å². The van der Waals surface area contributed by atoms with Crippen molar-refractivity contribution in [3.63, 3.8) is 0 Å². The Labute approximate surface area is 183 Å². The summed E-state index contributed by atoms with van der Waals surface area (Å²) >= 11 is 0. The number of aromatic nitrogens is 1. The van der Waals surface area contributed by atoms with Gasteiger partial charge in [-0.1, -0.05) is 25.5 Å². The van der Waals surface area contributed by atoms with Crippen LogP contribution in [0.15, 0.2) is 60.8 Å². The van der Waals surface area contributed by atoms with Gasteiger partial charge in [-0.15, -0.1) is 0 Å². The predicted molar refractivity (Wildman–Crippen MR) is 119 cm³/mol. The lowest BCUT2D eigenvalue weighted by atomic mass is 10.1. The summed E-state index contributed by atoms with van der Waals surface area (Å²) in [6.45, 7) is 3.73. The van der Waals surface area contributed by atoms with Crippen molar-refractivity contribution >= 4 is 5.91 Å². The van der Waals surface area contributed by atoms with E-state index < -0.39 is 0 Å². The van der Waals surface area contributed by atoms with E-state index in [1.54, 1.807) is 38.5 Å². The molecular weight excluding hydrogens is 395 g/mol. The standard InChI is InChI=1S/C25H29FN2O3/c1-4-5-13-28(25(29)23-12-11-22(30-2)16-24(23)31-3)18-21-10-7-14-27(21)17-19-8-6-9-20(26)15-19/h6-12,14-16H,4-5,13,17-18H2,1-3H3. The minimum absolute atomic E-state index is 0.0912. The van der Waals surface area contributed by atoms with Gasteiger partial charge in [0.05, 0.1) is 26.3 Å². The summed E-state index contributed by atoms with van der Waals surface area (Å²) in [6, 6.07) is 15.8. The van der Waals surface area contributed by atoms with E-state index in [9.17, 15) is 9.18 Å². The van der Waals surface area contributed by atoms with E-state index in [4.69, 9.17) is 9.47 Å².